The molecule has 0 fully saturated rings. The lowest BCUT2D eigenvalue weighted by Gasteiger charge is -2.20. The van der Waals surface area contributed by atoms with Crippen LogP contribution in [0.25, 0.3) is 0 Å². The first-order valence-corrected chi connectivity index (χ1v) is 11.2. The number of rotatable bonds is 8. The van der Waals surface area contributed by atoms with Crippen molar-refractivity contribution < 1.29 is 22.0 Å². The summed E-state index contributed by atoms with van der Waals surface area (Å²) in [6.45, 7) is -0.213. The maximum Gasteiger partial charge on any atom is 0.240 e. The van der Waals surface area contributed by atoms with Gasteiger partial charge in [0, 0.05) is 18.0 Å². The molecule has 2 N–H and O–H groups in total. The average molecular weight is 465 g/mol. The predicted octanol–water partition coefficient (Wildman–Crippen LogP) is 4.19. The van der Waals surface area contributed by atoms with Gasteiger partial charge in [0.05, 0.1) is 10.9 Å². The van der Waals surface area contributed by atoms with Gasteiger partial charge in [-0.3, -0.25) is 4.79 Å². The molecule has 162 valence electrons. The lowest BCUT2D eigenvalue weighted by Crippen LogP contribution is -2.33. The van der Waals surface area contributed by atoms with Crippen molar-refractivity contribution >= 4 is 27.5 Å². The molecule has 0 saturated carbocycles. The van der Waals surface area contributed by atoms with Gasteiger partial charge in [0.1, 0.15) is 0 Å². The summed E-state index contributed by atoms with van der Waals surface area (Å²) in [7, 11) is -4.08. The molecular weight excluding hydrogens is 446 g/mol. The van der Waals surface area contributed by atoms with Crippen LogP contribution in [0.5, 0.6) is 0 Å². The van der Waals surface area contributed by atoms with E-state index in [0.29, 0.717) is 11.1 Å². The molecule has 0 aromatic heterocycles. The molecule has 1 atom stereocenters. The minimum atomic E-state index is -4.08. The Kier molecular flexibility index (Phi) is 7.37. The van der Waals surface area contributed by atoms with Crippen molar-refractivity contribution in [1.82, 2.24) is 10.0 Å². The zero-order chi connectivity index (χ0) is 22.4. The average Bonchev–Trinajstić information content (AvgIpc) is 2.75. The standard InChI is InChI=1S/C22H19ClF2N2O3S/c23-17-8-6-16(7-9-17)22(15-4-2-1-3-5-15)27-21(28)12-13-26-31(29,30)18-10-11-19(24)20(25)14-18/h1-11,14,22,26H,12-13H2,(H,27,28). The van der Waals surface area contributed by atoms with Gasteiger partial charge in [-0.15, -0.1) is 0 Å². The highest BCUT2D eigenvalue weighted by Crippen LogP contribution is 2.23. The van der Waals surface area contributed by atoms with Crippen LogP contribution in [0.2, 0.25) is 5.02 Å². The maximum absolute atomic E-state index is 13.3. The van der Waals surface area contributed by atoms with E-state index >= 15 is 0 Å². The molecule has 3 aromatic rings. The van der Waals surface area contributed by atoms with Gasteiger partial charge >= 0.3 is 0 Å². The Morgan fingerprint density at radius 1 is 0.903 bits per heavy atom. The minimum absolute atomic E-state index is 0.153. The number of benzene rings is 3. The molecule has 5 nitrogen and oxygen atoms in total. The molecule has 0 heterocycles. The first-order chi connectivity index (χ1) is 14.8. The van der Waals surface area contributed by atoms with Crippen molar-refractivity contribution in [3.05, 3.63) is 101 Å². The molecule has 0 spiro atoms. The number of halogens is 3. The Morgan fingerprint density at radius 2 is 1.55 bits per heavy atom. The van der Waals surface area contributed by atoms with Crippen LogP contribution in [0.3, 0.4) is 0 Å². The highest BCUT2D eigenvalue weighted by Gasteiger charge is 2.19. The monoisotopic (exact) mass is 464 g/mol. The van der Waals surface area contributed by atoms with Gasteiger partial charge < -0.3 is 5.32 Å². The molecule has 0 aliphatic rings. The molecule has 0 bridgehead atoms. The van der Waals surface area contributed by atoms with E-state index in [0.717, 1.165) is 23.3 Å². The fourth-order valence-corrected chi connectivity index (χ4v) is 4.09. The highest BCUT2D eigenvalue weighted by atomic mass is 35.5. The Bertz CT molecular complexity index is 1160. The fraction of sp³-hybridized carbons (Fsp3) is 0.136. The Morgan fingerprint density at radius 3 is 2.19 bits per heavy atom. The number of sulfonamides is 1. The van der Waals surface area contributed by atoms with Gasteiger partial charge in [0.25, 0.3) is 0 Å². The van der Waals surface area contributed by atoms with E-state index in [1.54, 1.807) is 24.3 Å². The second kappa shape index (κ2) is 10.00. The number of nitrogens with one attached hydrogen (secondary N) is 2. The first-order valence-electron chi connectivity index (χ1n) is 9.31. The van der Waals surface area contributed by atoms with Gasteiger partial charge in [-0.05, 0) is 41.5 Å². The van der Waals surface area contributed by atoms with Gasteiger partial charge in [0.2, 0.25) is 15.9 Å². The van der Waals surface area contributed by atoms with Crippen molar-refractivity contribution in [2.75, 3.05) is 6.54 Å². The minimum Gasteiger partial charge on any atom is -0.345 e. The second-order valence-electron chi connectivity index (χ2n) is 6.69. The molecule has 31 heavy (non-hydrogen) atoms. The molecule has 0 aliphatic heterocycles. The molecule has 3 rings (SSSR count). The second-order valence-corrected chi connectivity index (χ2v) is 8.89. The summed E-state index contributed by atoms with van der Waals surface area (Å²) in [6.07, 6.45) is -0.153. The maximum atomic E-state index is 13.3. The number of carbonyl (C=O) groups excluding carboxylic acids is 1. The third-order valence-corrected chi connectivity index (χ3v) is 6.20. The Labute approximate surface area is 184 Å². The molecular formula is C22H19ClF2N2O3S. The van der Waals surface area contributed by atoms with Crippen LogP contribution in [-0.4, -0.2) is 20.9 Å². The number of carbonyl (C=O) groups is 1. The quantitative estimate of drug-likeness (QED) is 0.525. The van der Waals surface area contributed by atoms with Crippen LogP contribution < -0.4 is 10.0 Å². The first kappa shape index (κ1) is 22.9. The van der Waals surface area contributed by atoms with Crippen LogP contribution in [0.1, 0.15) is 23.6 Å². The van der Waals surface area contributed by atoms with Crippen LogP contribution in [0, 0.1) is 11.6 Å². The SMILES string of the molecule is O=C(CCNS(=O)(=O)c1ccc(F)c(F)c1)NC(c1ccccc1)c1ccc(Cl)cc1. The number of hydrogen-bond donors (Lipinski definition) is 2. The highest BCUT2D eigenvalue weighted by molar-refractivity contribution is 7.89. The van der Waals surface area contributed by atoms with E-state index in [1.807, 2.05) is 30.3 Å². The van der Waals surface area contributed by atoms with Gasteiger partial charge in [-0.1, -0.05) is 54.1 Å². The van der Waals surface area contributed by atoms with Crippen LogP contribution in [0.15, 0.2) is 77.7 Å². The van der Waals surface area contributed by atoms with Gasteiger partial charge in [-0.2, -0.15) is 0 Å². The summed E-state index contributed by atoms with van der Waals surface area (Å²) in [5, 5.41) is 3.45. The summed E-state index contributed by atoms with van der Waals surface area (Å²) in [5.41, 5.74) is 1.66. The van der Waals surface area contributed by atoms with E-state index < -0.39 is 38.5 Å². The number of hydrogen-bond acceptors (Lipinski definition) is 3. The summed E-state index contributed by atoms with van der Waals surface area (Å²) in [6, 6.07) is 18.1. The van der Waals surface area contributed by atoms with E-state index in [-0.39, 0.29) is 13.0 Å². The van der Waals surface area contributed by atoms with Crippen molar-refractivity contribution in [2.45, 2.75) is 17.4 Å². The molecule has 1 unspecified atom stereocenters. The molecule has 0 aliphatic carbocycles. The predicted molar refractivity (Wildman–Crippen MR) is 114 cm³/mol. The topological polar surface area (TPSA) is 75.3 Å². The molecule has 0 saturated heterocycles. The van der Waals surface area contributed by atoms with Gasteiger partial charge in [0.15, 0.2) is 11.6 Å². The van der Waals surface area contributed by atoms with E-state index in [4.69, 9.17) is 11.6 Å². The van der Waals surface area contributed by atoms with E-state index in [1.165, 1.54) is 0 Å². The van der Waals surface area contributed by atoms with Crippen LogP contribution >= 0.6 is 11.6 Å². The van der Waals surface area contributed by atoms with Crippen molar-refractivity contribution in [1.29, 1.82) is 0 Å². The summed E-state index contributed by atoms with van der Waals surface area (Å²) >= 11 is 5.95. The van der Waals surface area contributed by atoms with Crippen LogP contribution in [0.4, 0.5) is 8.78 Å². The van der Waals surface area contributed by atoms with Crippen molar-refractivity contribution in [3.63, 3.8) is 0 Å². The normalized spacial score (nSPS) is 12.4. The van der Waals surface area contributed by atoms with E-state index in [9.17, 15) is 22.0 Å². The Balaban J connectivity index is 1.66. The zero-order valence-corrected chi connectivity index (χ0v) is 17.8. The molecule has 1 amide bonds. The summed E-state index contributed by atoms with van der Waals surface area (Å²) in [5.74, 6) is -2.81. The molecule has 9 heteroatoms. The molecule has 0 radical (unpaired) electrons. The third kappa shape index (κ3) is 6.10. The Hall–Kier alpha value is -2.81. The van der Waals surface area contributed by atoms with Crippen molar-refractivity contribution in [3.8, 4) is 0 Å². The number of amides is 1. The lowest BCUT2D eigenvalue weighted by atomic mass is 9.98. The smallest absolute Gasteiger partial charge is 0.240 e. The summed E-state index contributed by atoms with van der Waals surface area (Å²) < 4.78 is 53.0. The van der Waals surface area contributed by atoms with Crippen molar-refractivity contribution in [2.24, 2.45) is 0 Å². The largest absolute Gasteiger partial charge is 0.345 e. The van der Waals surface area contributed by atoms with E-state index in [2.05, 4.69) is 10.0 Å². The van der Waals surface area contributed by atoms with Gasteiger partial charge in [-0.25, -0.2) is 21.9 Å². The zero-order valence-electron chi connectivity index (χ0n) is 16.2. The third-order valence-electron chi connectivity index (χ3n) is 4.49. The van der Waals surface area contributed by atoms with Crippen LogP contribution in [-0.2, 0) is 14.8 Å². The molecule has 3 aromatic carbocycles. The fourth-order valence-electron chi connectivity index (χ4n) is 2.92. The summed E-state index contributed by atoms with van der Waals surface area (Å²) in [4.78, 5) is 12.1. The lowest BCUT2D eigenvalue weighted by molar-refractivity contribution is -0.121.